The fourth-order valence-corrected chi connectivity index (χ4v) is 2.98. The van der Waals surface area contributed by atoms with Gasteiger partial charge in [-0.3, -0.25) is 9.10 Å². The zero-order chi connectivity index (χ0) is 20.2. The van der Waals surface area contributed by atoms with Crippen molar-refractivity contribution < 1.29 is 17.9 Å². The van der Waals surface area contributed by atoms with E-state index in [0.717, 1.165) is 16.1 Å². The van der Waals surface area contributed by atoms with Crippen LogP contribution in [0.3, 0.4) is 0 Å². The molecule has 0 unspecified atom stereocenters. The Kier molecular flexibility index (Phi) is 6.73. The van der Waals surface area contributed by atoms with Crippen molar-refractivity contribution in [3.05, 3.63) is 53.1 Å². The van der Waals surface area contributed by atoms with Crippen LogP contribution in [0.4, 0.5) is 11.4 Å². The van der Waals surface area contributed by atoms with Crippen LogP contribution in [0, 0.1) is 6.92 Å². The van der Waals surface area contributed by atoms with Crippen molar-refractivity contribution in [2.24, 2.45) is 0 Å². The lowest BCUT2D eigenvalue weighted by molar-refractivity contribution is -0.122. The third-order valence-electron chi connectivity index (χ3n) is 4.05. The molecule has 1 N–H and O–H groups in total. The number of hydrogen-bond donors (Lipinski definition) is 1. The molecule has 0 aliphatic heterocycles. The van der Waals surface area contributed by atoms with Gasteiger partial charge in [0.15, 0.2) is 6.10 Å². The van der Waals surface area contributed by atoms with Crippen molar-refractivity contribution in [2.45, 2.75) is 26.4 Å². The first-order valence-electron chi connectivity index (χ1n) is 8.39. The molecule has 27 heavy (non-hydrogen) atoms. The number of sulfonamides is 1. The fourth-order valence-electron chi connectivity index (χ4n) is 2.37. The summed E-state index contributed by atoms with van der Waals surface area (Å²) in [6.45, 7) is 3.71. The highest BCUT2D eigenvalue weighted by molar-refractivity contribution is 7.92. The first-order valence-corrected chi connectivity index (χ1v) is 10.6. The number of ether oxygens (including phenoxy) is 1. The number of hydrogen-bond acceptors (Lipinski definition) is 4. The van der Waals surface area contributed by atoms with Crippen molar-refractivity contribution in [2.75, 3.05) is 22.9 Å². The number of amides is 1. The Morgan fingerprint density at radius 3 is 2.56 bits per heavy atom. The molecule has 0 aromatic heterocycles. The smallest absolute Gasteiger partial charge is 0.265 e. The van der Waals surface area contributed by atoms with Gasteiger partial charge in [0.1, 0.15) is 5.75 Å². The monoisotopic (exact) mass is 410 g/mol. The summed E-state index contributed by atoms with van der Waals surface area (Å²) in [5, 5.41) is 3.41. The number of halogens is 1. The Labute approximate surface area is 165 Å². The van der Waals surface area contributed by atoms with Crippen LogP contribution < -0.4 is 14.4 Å². The van der Waals surface area contributed by atoms with Crippen LogP contribution in [0.15, 0.2) is 42.5 Å². The van der Waals surface area contributed by atoms with Gasteiger partial charge in [-0.2, -0.15) is 0 Å². The number of benzene rings is 2. The summed E-state index contributed by atoms with van der Waals surface area (Å²) in [4.78, 5) is 12.6. The lowest BCUT2D eigenvalue weighted by Gasteiger charge is -2.20. The van der Waals surface area contributed by atoms with E-state index in [9.17, 15) is 13.2 Å². The van der Waals surface area contributed by atoms with Crippen molar-refractivity contribution >= 4 is 38.9 Å². The SMILES string of the molecule is CC[C@H](Oc1ccc(Cl)c(C)c1)C(=O)Nc1cccc(N(C)S(C)(=O)=O)c1. The van der Waals surface area contributed by atoms with Crippen molar-refractivity contribution in [3.8, 4) is 5.75 Å². The zero-order valence-electron chi connectivity index (χ0n) is 15.7. The normalized spacial score (nSPS) is 12.3. The van der Waals surface area contributed by atoms with Crippen LogP contribution in [-0.4, -0.2) is 33.7 Å². The molecule has 1 atom stereocenters. The van der Waals surface area contributed by atoms with Gasteiger partial charge in [-0.1, -0.05) is 24.6 Å². The van der Waals surface area contributed by atoms with Crippen molar-refractivity contribution in [1.82, 2.24) is 0 Å². The van der Waals surface area contributed by atoms with Gasteiger partial charge in [0, 0.05) is 17.8 Å². The third-order valence-corrected chi connectivity index (χ3v) is 5.68. The van der Waals surface area contributed by atoms with E-state index in [1.807, 2.05) is 13.8 Å². The van der Waals surface area contributed by atoms with Gasteiger partial charge in [0.25, 0.3) is 5.91 Å². The van der Waals surface area contributed by atoms with Gasteiger partial charge < -0.3 is 10.1 Å². The van der Waals surface area contributed by atoms with Crippen molar-refractivity contribution in [1.29, 1.82) is 0 Å². The van der Waals surface area contributed by atoms with Crippen LogP contribution in [-0.2, 0) is 14.8 Å². The Bertz CT molecular complexity index is 931. The average Bonchev–Trinajstić information content (AvgIpc) is 2.61. The van der Waals surface area contributed by atoms with Gasteiger partial charge in [0.2, 0.25) is 10.0 Å². The minimum atomic E-state index is -3.39. The van der Waals surface area contributed by atoms with Gasteiger partial charge in [-0.15, -0.1) is 0 Å². The molecule has 0 saturated carbocycles. The summed E-state index contributed by atoms with van der Waals surface area (Å²) in [6.07, 6.45) is 0.894. The first kappa shape index (κ1) is 21.1. The van der Waals surface area contributed by atoms with E-state index in [2.05, 4.69) is 5.32 Å². The molecule has 0 aliphatic rings. The summed E-state index contributed by atoms with van der Waals surface area (Å²) in [5.41, 5.74) is 1.81. The maximum atomic E-state index is 12.6. The maximum Gasteiger partial charge on any atom is 0.265 e. The largest absolute Gasteiger partial charge is 0.481 e. The highest BCUT2D eigenvalue weighted by atomic mass is 35.5. The second kappa shape index (κ2) is 8.63. The van der Waals surface area contributed by atoms with E-state index in [1.54, 1.807) is 42.5 Å². The summed E-state index contributed by atoms with van der Waals surface area (Å²) in [7, 11) is -1.93. The summed E-state index contributed by atoms with van der Waals surface area (Å²) in [5.74, 6) is 0.244. The number of nitrogens with one attached hydrogen (secondary N) is 1. The van der Waals surface area contributed by atoms with E-state index in [0.29, 0.717) is 28.6 Å². The molecule has 0 saturated heterocycles. The fraction of sp³-hybridized carbons (Fsp3) is 0.316. The van der Waals surface area contributed by atoms with Crippen molar-refractivity contribution in [3.63, 3.8) is 0 Å². The van der Waals surface area contributed by atoms with Crippen LogP contribution in [0.2, 0.25) is 5.02 Å². The Balaban J connectivity index is 2.13. The minimum absolute atomic E-state index is 0.315. The molecule has 8 heteroatoms. The Morgan fingerprint density at radius 1 is 1.26 bits per heavy atom. The molecule has 0 fully saturated rings. The molecular weight excluding hydrogens is 388 g/mol. The molecule has 0 bridgehead atoms. The molecule has 0 radical (unpaired) electrons. The summed E-state index contributed by atoms with van der Waals surface area (Å²) < 4.78 is 30.3. The van der Waals surface area contributed by atoms with Crippen LogP contribution in [0.5, 0.6) is 5.75 Å². The van der Waals surface area contributed by atoms with E-state index in [1.165, 1.54) is 7.05 Å². The molecule has 0 heterocycles. The van der Waals surface area contributed by atoms with E-state index in [-0.39, 0.29) is 5.91 Å². The lowest BCUT2D eigenvalue weighted by Crippen LogP contribution is -2.32. The quantitative estimate of drug-likeness (QED) is 0.752. The number of carbonyl (C=O) groups excluding carboxylic acids is 1. The number of rotatable bonds is 7. The highest BCUT2D eigenvalue weighted by Crippen LogP contribution is 2.24. The Hall–Kier alpha value is -2.25. The molecule has 2 rings (SSSR count). The zero-order valence-corrected chi connectivity index (χ0v) is 17.3. The molecule has 146 valence electrons. The van der Waals surface area contributed by atoms with E-state index < -0.39 is 16.1 Å². The number of carbonyl (C=O) groups is 1. The minimum Gasteiger partial charge on any atom is -0.481 e. The van der Waals surface area contributed by atoms with Crippen LogP contribution >= 0.6 is 11.6 Å². The average molecular weight is 411 g/mol. The highest BCUT2D eigenvalue weighted by Gasteiger charge is 2.20. The summed E-state index contributed by atoms with van der Waals surface area (Å²) in [6, 6.07) is 11.8. The number of anilines is 2. The van der Waals surface area contributed by atoms with E-state index >= 15 is 0 Å². The van der Waals surface area contributed by atoms with E-state index in [4.69, 9.17) is 16.3 Å². The second-order valence-corrected chi connectivity index (χ2v) is 8.62. The molecule has 0 spiro atoms. The predicted octanol–water partition coefficient (Wildman–Crippen LogP) is 3.84. The first-order chi connectivity index (χ1) is 12.6. The molecule has 2 aromatic carbocycles. The standard InChI is InChI=1S/C19H23ClN2O4S/c1-5-18(26-16-9-10-17(20)13(2)11-16)19(23)21-14-7-6-8-15(12-14)22(3)27(4,24)25/h6-12,18H,5H2,1-4H3,(H,21,23)/t18-/m0/s1. The molecule has 6 nitrogen and oxygen atoms in total. The van der Waals surface area contributed by atoms with Gasteiger partial charge in [0.05, 0.1) is 11.9 Å². The maximum absolute atomic E-state index is 12.6. The molecule has 1 amide bonds. The lowest BCUT2D eigenvalue weighted by atomic mass is 10.2. The number of nitrogens with zero attached hydrogens (tertiary/aromatic N) is 1. The van der Waals surface area contributed by atoms with Gasteiger partial charge in [-0.05, 0) is 55.3 Å². The summed E-state index contributed by atoms with van der Waals surface area (Å²) >= 11 is 6.01. The van der Waals surface area contributed by atoms with Gasteiger partial charge in [-0.25, -0.2) is 8.42 Å². The molecule has 2 aromatic rings. The van der Waals surface area contributed by atoms with Gasteiger partial charge >= 0.3 is 0 Å². The number of aryl methyl sites for hydroxylation is 1. The molecular formula is C19H23ClN2O4S. The molecule has 0 aliphatic carbocycles. The topological polar surface area (TPSA) is 75.7 Å². The Morgan fingerprint density at radius 2 is 1.96 bits per heavy atom. The predicted molar refractivity (Wildman–Crippen MR) is 109 cm³/mol. The second-order valence-electron chi connectivity index (χ2n) is 6.20. The third kappa shape index (κ3) is 5.61. The van der Waals surface area contributed by atoms with Crippen LogP contribution in [0.25, 0.3) is 0 Å². The van der Waals surface area contributed by atoms with Crippen LogP contribution in [0.1, 0.15) is 18.9 Å².